The van der Waals surface area contributed by atoms with Crippen LogP contribution in [-0.4, -0.2) is 27.1 Å². The second-order valence-corrected chi connectivity index (χ2v) is 5.81. The van der Waals surface area contributed by atoms with Crippen LogP contribution in [0, 0.1) is 0 Å². The van der Waals surface area contributed by atoms with E-state index in [0.717, 1.165) is 12.1 Å². The number of fused-ring (bicyclic) bond motifs is 1. The third kappa shape index (κ3) is 2.59. The van der Waals surface area contributed by atoms with Gasteiger partial charge in [0.2, 0.25) is 0 Å². The lowest BCUT2D eigenvalue weighted by molar-refractivity contribution is 0.0591. The predicted octanol–water partition coefficient (Wildman–Crippen LogP) is 3.46. The largest absolute Gasteiger partial charge is 0.508 e. The standard InChI is InChI=1S/C18H20N2O3/c1-3-11(2)20-17(14-9-8-12(21)10-16(14)22)19-15-7-5-4-6-13(15)18(20)23/h4-11,17,19,21-22H,3H2,1-2H3/t11-,17+/m0/s1. The maximum Gasteiger partial charge on any atom is 0.258 e. The van der Waals surface area contributed by atoms with Crippen LogP contribution in [0.15, 0.2) is 42.5 Å². The van der Waals surface area contributed by atoms with E-state index in [2.05, 4.69) is 5.32 Å². The van der Waals surface area contributed by atoms with Gasteiger partial charge < -0.3 is 20.4 Å². The molecule has 1 heterocycles. The minimum atomic E-state index is -0.479. The number of benzene rings is 2. The number of hydrogen-bond acceptors (Lipinski definition) is 4. The molecule has 0 aromatic heterocycles. The SMILES string of the molecule is CC[C@H](C)N1C(=O)c2ccccc2N[C@H]1c1ccc(O)cc1O. The van der Waals surface area contributed by atoms with Crippen LogP contribution in [-0.2, 0) is 0 Å². The molecule has 2 aromatic carbocycles. The van der Waals surface area contributed by atoms with Crippen LogP contribution >= 0.6 is 0 Å². The number of amides is 1. The number of nitrogens with one attached hydrogen (secondary N) is 1. The van der Waals surface area contributed by atoms with Crippen molar-refractivity contribution in [1.29, 1.82) is 0 Å². The lowest BCUT2D eigenvalue weighted by Crippen LogP contribution is -2.47. The fourth-order valence-corrected chi connectivity index (χ4v) is 2.91. The van der Waals surface area contributed by atoms with Crippen LogP contribution in [0.25, 0.3) is 0 Å². The first-order chi connectivity index (χ1) is 11.0. The van der Waals surface area contributed by atoms with Gasteiger partial charge in [-0.05, 0) is 37.6 Å². The summed E-state index contributed by atoms with van der Waals surface area (Å²) in [6.45, 7) is 4.00. The predicted molar refractivity (Wildman–Crippen MR) is 88.5 cm³/mol. The number of carbonyl (C=O) groups excluding carboxylic acids is 1. The third-order valence-electron chi connectivity index (χ3n) is 4.34. The van der Waals surface area contributed by atoms with E-state index >= 15 is 0 Å². The first-order valence-corrected chi connectivity index (χ1v) is 7.73. The van der Waals surface area contributed by atoms with Crippen molar-refractivity contribution in [3.05, 3.63) is 53.6 Å². The van der Waals surface area contributed by atoms with Crippen molar-refractivity contribution in [2.45, 2.75) is 32.5 Å². The zero-order valence-corrected chi connectivity index (χ0v) is 13.2. The molecule has 0 spiro atoms. The fraction of sp³-hybridized carbons (Fsp3) is 0.278. The van der Waals surface area contributed by atoms with Crippen molar-refractivity contribution in [3.63, 3.8) is 0 Å². The highest BCUT2D eigenvalue weighted by Crippen LogP contribution is 2.38. The average Bonchev–Trinajstić information content (AvgIpc) is 2.54. The van der Waals surface area contributed by atoms with E-state index < -0.39 is 6.17 Å². The van der Waals surface area contributed by atoms with Gasteiger partial charge in [-0.15, -0.1) is 0 Å². The van der Waals surface area contributed by atoms with Crippen LogP contribution in [0.2, 0.25) is 0 Å². The Balaban J connectivity index is 2.11. The molecule has 1 aliphatic rings. The summed E-state index contributed by atoms with van der Waals surface area (Å²) < 4.78 is 0. The summed E-state index contributed by atoms with van der Waals surface area (Å²) in [5, 5.41) is 23.1. The molecule has 0 saturated carbocycles. The molecule has 120 valence electrons. The summed E-state index contributed by atoms with van der Waals surface area (Å²) in [5.74, 6) is -0.113. The van der Waals surface area contributed by atoms with Crippen LogP contribution < -0.4 is 5.32 Å². The molecule has 5 heteroatoms. The van der Waals surface area contributed by atoms with E-state index in [9.17, 15) is 15.0 Å². The lowest BCUT2D eigenvalue weighted by Gasteiger charge is -2.41. The van der Waals surface area contributed by atoms with Crippen molar-refractivity contribution in [2.75, 3.05) is 5.32 Å². The highest BCUT2D eigenvalue weighted by Gasteiger charge is 2.36. The number of para-hydroxylation sites is 1. The number of hydrogen-bond donors (Lipinski definition) is 3. The summed E-state index contributed by atoms with van der Waals surface area (Å²) in [6.07, 6.45) is 0.318. The van der Waals surface area contributed by atoms with E-state index in [1.807, 2.05) is 32.0 Å². The Bertz CT molecular complexity index is 745. The van der Waals surface area contributed by atoms with E-state index in [-0.39, 0.29) is 23.4 Å². The number of phenols is 2. The van der Waals surface area contributed by atoms with Gasteiger partial charge in [0.1, 0.15) is 17.7 Å². The fourth-order valence-electron chi connectivity index (χ4n) is 2.91. The Hall–Kier alpha value is -2.69. The number of rotatable bonds is 3. The number of carbonyl (C=O) groups is 1. The average molecular weight is 312 g/mol. The normalized spacial score (nSPS) is 18.3. The van der Waals surface area contributed by atoms with Gasteiger partial charge >= 0.3 is 0 Å². The van der Waals surface area contributed by atoms with Gasteiger partial charge in [0.05, 0.1) is 5.56 Å². The summed E-state index contributed by atoms with van der Waals surface area (Å²) >= 11 is 0. The summed E-state index contributed by atoms with van der Waals surface area (Å²) in [4.78, 5) is 14.7. The molecule has 0 unspecified atom stereocenters. The van der Waals surface area contributed by atoms with Crippen LogP contribution in [0.5, 0.6) is 11.5 Å². The number of aromatic hydroxyl groups is 2. The van der Waals surface area contributed by atoms with Gasteiger partial charge in [0, 0.05) is 23.4 Å². The second-order valence-electron chi connectivity index (χ2n) is 5.81. The van der Waals surface area contributed by atoms with Crippen LogP contribution in [0.1, 0.15) is 42.4 Å². The van der Waals surface area contributed by atoms with E-state index in [4.69, 9.17) is 0 Å². The quantitative estimate of drug-likeness (QED) is 0.811. The Kier molecular flexibility index (Phi) is 3.86. The minimum absolute atomic E-state index is 0.00144. The summed E-state index contributed by atoms with van der Waals surface area (Å²) in [7, 11) is 0. The van der Waals surface area contributed by atoms with Crippen molar-refractivity contribution < 1.29 is 15.0 Å². The molecule has 0 bridgehead atoms. The van der Waals surface area contributed by atoms with Gasteiger partial charge in [0.25, 0.3) is 5.91 Å². The number of phenolic OH excluding ortho intramolecular Hbond substituents is 2. The van der Waals surface area contributed by atoms with Gasteiger partial charge in [0.15, 0.2) is 0 Å². The maximum absolute atomic E-state index is 12.9. The number of nitrogens with zero attached hydrogens (tertiary/aromatic N) is 1. The van der Waals surface area contributed by atoms with E-state index in [1.165, 1.54) is 12.1 Å². The van der Waals surface area contributed by atoms with Crippen LogP contribution in [0.4, 0.5) is 5.69 Å². The van der Waals surface area contributed by atoms with Gasteiger partial charge in [-0.25, -0.2) is 0 Å². The molecule has 5 nitrogen and oxygen atoms in total. The zero-order chi connectivity index (χ0) is 16.6. The molecule has 23 heavy (non-hydrogen) atoms. The summed E-state index contributed by atoms with van der Waals surface area (Å²) in [6, 6.07) is 11.8. The summed E-state index contributed by atoms with van der Waals surface area (Å²) in [5.41, 5.74) is 1.93. The Labute approximate surface area is 135 Å². The van der Waals surface area contributed by atoms with Crippen molar-refractivity contribution >= 4 is 11.6 Å². The molecule has 1 aliphatic heterocycles. The maximum atomic E-state index is 12.9. The molecule has 0 radical (unpaired) electrons. The Morgan fingerprint density at radius 1 is 1.22 bits per heavy atom. The second kappa shape index (κ2) is 5.83. The third-order valence-corrected chi connectivity index (χ3v) is 4.34. The number of anilines is 1. The lowest BCUT2D eigenvalue weighted by atomic mass is 10.00. The topological polar surface area (TPSA) is 72.8 Å². The smallest absolute Gasteiger partial charge is 0.258 e. The highest BCUT2D eigenvalue weighted by molar-refractivity contribution is 6.02. The first-order valence-electron chi connectivity index (χ1n) is 7.73. The van der Waals surface area contributed by atoms with Crippen molar-refractivity contribution in [1.82, 2.24) is 4.90 Å². The molecule has 0 fully saturated rings. The molecular formula is C18H20N2O3. The molecule has 0 aliphatic carbocycles. The van der Waals surface area contributed by atoms with Gasteiger partial charge in [-0.1, -0.05) is 19.1 Å². The highest BCUT2D eigenvalue weighted by atomic mass is 16.3. The minimum Gasteiger partial charge on any atom is -0.508 e. The molecular weight excluding hydrogens is 292 g/mol. The molecule has 1 amide bonds. The Morgan fingerprint density at radius 2 is 1.96 bits per heavy atom. The molecule has 3 rings (SSSR count). The molecule has 3 N–H and O–H groups in total. The van der Waals surface area contributed by atoms with Crippen LogP contribution in [0.3, 0.4) is 0 Å². The monoisotopic (exact) mass is 312 g/mol. The van der Waals surface area contributed by atoms with Gasteiger partial charge in [-0.3, -0.25) is 4.79 Å². The van der Waals surface area contributed by atoms with E-state index in [0.29, 0.717) is 11.1 Å². The Morgan fingerprint density at radius 3 is 2.65 bits per heavy atom. The zero-order valence-electron chi connectivity index (χ0n) is 13.2. The van der Waals surface area contributed by atoms with Gasteiger partial charge in [-0.2, -0.15) is 0 Å². The van der Waals surface area contributed by atoms with Crippen molar-refractivity contribution in [2.24, 2.45) is 0 Å². The molecule has 0 saturated heterocycles. The molecule has 2 atom stereocenters. The molecule has 2 aromatic rings. The van der Waals surface area contributed by atoms with Crippen molar-refractivity contribution in [3.8, 4) is 11.5 Å². The van der Waals surface area contributed by atoms with E-state index in [1.54, 1.807) is 17.0 Å². The first kappa shape index (κ1) is 15.2.